The highest BCUT2D eigenvalue weighted by Crippen LogP contribution is 2.33. The zero-order valence-electron chi connectivity index (χ0n) is 10.2. The van der Waals surface area contributed by atoms with Gasteiger partial charge in [0.15, 0.2) is 5.82 Å². The van der Waals surface area contributed by atoms with E-state index in [1.54, 1.807) is 7.05 Å². The monoisotopic (exact) mass is 336 g/mol. The van der Waals surface area contributed by atoms with E-state index in [1.807, 2.05) is 0 Å². The molecular formula is C10H10Cl2N4O3S. The first-order valence-corrected chi connectivity index (χ1v) is 7.57. The Balaban J connectivity index is 2.26. The number of hydrogen-bond acceptors (Lipinski definition) is 5. The number of primary sulfonamides is 1. The van der Waals surface area contributed by atoms with E-state index < -0.39 is 10.0 Å². The van der Waals surface area contributed by atoms with Crippen LogP contribution < -0.4 is 9.88 Å². The summed E-state index contributed by atoms with van der Waals surface area (Å²) in [4.78, 5) is 3.72. The second-order valence-corrected chi connectivity index (χ2v) is 6.19. The van der Waals surface area contributed by atoms with Crippen LogP contribution in [0.1, 0.15) is 5.82 Å². The molecule has 0 aliphatic carbocycles. The topological polar surface area (TPSA) is 100 Å². The molecule has 0 aliphatic rings. The highest BCUT2D eigenvalue weighted by molar-refractivity contribution is 7.89. The van der Waals surface area contributed by atoms with Crippen LogP contribution in [0, 0.1) is 0 Å². The molecule has 2 N–H and O–H groups in total. The SMILES string of the molecule is Cn1ncnc1COc1cc(Cl)c(S(N)(=O)=O)cc1Cl. The molecule has 0 atom stereocenters. The van der Waals surface area contributed by atoms with Gasteiger partial charge in [0, 0.05) is 13.1 Å². The average molecular weight is 337 g/mol. The lowest BCUT2D eigenvalue weighted by atomic mass is 10.3. The molecule has 0 amide bonds. The maximum atomic E-state index is 11.3. The van der Waals surface area contributed by atoms with Crippen LogP contribution in [0.15, 0.2) is 23.4 Å². The first-order valence-electron chi connectivity index (χ1n) is 5.26. The Bertz CT molecular complexity index is 745. The minimum Gasteiger partial charge on any atom is -0.484 e. The molecule has 1 heterocycles. The summed E-state index contributed by atoms with van der Waals surface area (Å²) in [6.45, 7) is 0.112. The Labute approximate surface area is 125 Å². The van der Waals surface area contributed by atoms with Crippen molar-refractivity contribution in [3.05, 3.63) is 34.3 Å². The third kappa shape index (κ3) is 3.21. The number of ether oxygens (including phenoxy) is 1. The minimum atomic E-state index is -3.94. The molecule has 10 heteroatoms. The molecule has 1 aromatic heterocycles. The summed E-state index contributed by atoms with van der Waals surface area (Å²) in [5, 5.41) is 8.92. The first kappa shape index (κ1) is 15.0. The zero-order valence-corrected chi connectivity index (χ0v) is 12.6. The summed E-state index contributed by atoms with van der Waals surface area (Å²) in [7, 11) is -2.22. The summed E-state index contributed by atoms with van der Waals surface area (Å²) in [6.07, 6.45) is 1.39. The number of nitrogens with two attached hydrogens (primary N) is 1. The van der Waals surface area contributed by atoms with E-state index in [2.05, 4.69) is 10.1 Å². The largest absolute Gasteiger partial charge is 0.484 e. The van der Waals surface area contributed by atoms with Gasteiger partial charge in [-0.25, -0.2) is 18.5 Å². The number of aryl methyl sites for hydroxylation is 1. The standard InChI is InChI=1S/C10H10Cl2N4O3S/c1-16-10(14-5-15-16)4-19-8-2-7(12)9(3-6(8)11)20(13,17)18/h2-3,5H,4H2,1H3,(H2,13,17,18). The van der Waals surface area contributed by atoms with E-state index in [4.69, 9.17) is 33.1 Å². The highest BCUT2D eigenvalue weighted by Gasteiger charge is 2.17. The second kappa shape index (κ2) is 5.57. The molecule has 0 aliphatic heterocycles. The smallest absolute Gasteiger partial charge is 0.239 e. The fourth-order valence-electron chi connectivity index (χ4n) is 1.43. The number of aromatic nitrogens is 3. The van der Waals surface area contributed by atoms with Crippen molar-refractivity contribution < 1.29 is 13.2 Å². The molecule has 0 bridgehead atoms. The molecule has 0 spiro atoms. The minimum absolute atomic E-state index is 0.0649. The van der Waals surface area contributed by atoms with E-state index in [1.165, 1.54) is 17.1 Å². The van der Waals surface area contributed by atoms with Crippen molar-refractivity contribution in [2.24, 2.45) is 12.2 Å². The van der Waals surface area contributed by atoms with Crippen molar-refractivity contribution in [1.82, 2.24) is 14.8 Å². The molecular weight excluding hydrogens is 327 g/mol. The Hall–Kier alpha value is -1.35. The maximum absolute atomic E-state index is 11.3. The van der Waals surface area contributed by atoms with Gasteiger partial charge in [0.1, 0.15) is 23.6 Å². The van der Waals surface area contributed by atoms with Gasteiger partial charge in [0.05, 0.1) is 10.0 Å². The van der Waals surface area contributed by atoms with Gasteiger partial charge in [-0.15, -0.1) is 0 Å². The van der Waals surface area contributed by atoms with E-state index in [0.29, 0.717) is 5.82 Å². The molecule has 0 fully saturated rings. The van der Waals surface area contributed by atoms with E-state index in [9.17, 15) is 8.42 Å². The number of rotatable bonds is 4. The summed E-state index contributed by atoms with van der Waals surface area (Å²) >= 11 is 11.8. The zero-order chi connectivity index (χ0) is 14.9. The van der Waals surface area contributed by atoms with Crippen LogP contribution in [0.2, 0.25) is 10.0 Å². The molecule has 108 valence electrons. The van der Waals surface area contributed by atoms with Gasteiger partial charge in [-0.1, -0.05) is 23.2 Å². The van der Waals surface area contributed by atoms with Gasteiger partial charge in [0.25, 0.3) is 0 Å². The molecule has 0 radical (unpaired) electrons. The molecule has 2 rings (SSSR count). The van der Waals surface area contributed by atoms with E-state index in [0.717, 1.165) is 6.07 Å². The quantitative estimate of drug-likeness (QED) is 0.908. The van der Waals surface area contributed by atoms with Gasteiger partial charge in [0.2, 0.25) is 10.0 Å². The fourth-order valence-corrected chi connectivity index (χ4v) is 2.80. The van der Waals surface area contributed by atoms with E-state index in [-0.39, 0.29) is 27.3 Å². The molecule has 20 heavy (non-hydrogen) atoms. The third-order valence-electron chi connectivity index (χ3n) is 2.45. The third-order valence-corrected chi connectivity index (χ3v) is 4.13. The van der Waals surface area contributed by atoms with Crippen molar-refractivity contribution in [3.8, 4) is 5.75 Å². The number of nitrogens with zero attached hydrogens (tertiary/aromatic N) is 3. The average Bonchev–Trinajstić information content (AvgIpc) is 2.74. The van der Waals surface area contributed by atoms with Crippen molar-refractivity contribution in [3.63, 3.8) is 0 Å². The van der Waals surface area contributed by atoms with E-state index >= 15 is 0 Å². The van der Waals surface area contributed by atoms with Gasteiger partial charge >= 0.3 is 0 Å². The normalized spacial score (nSPS) is 11.6. The Morgan fingerprint density at radius 2 is 2.05 bits per heavy atom. The van der Waals surface area contributed by atoms with Crippen LogP contribution in [-0.2, 0) is 23.7 Å². The van der Waals surface area contributed by atoms with Gasteiger partial charge < -0.3 is 4.74 Å². The van der Waals surface area contributed by atoms with Gasteiger partial charge in [-0.3, -0.25) is 4.68 Å². The van der Waals surface area contributed by atoms with Crippen molar-refractivity contribution in [1.29, 1.82) is 0 Å². The van der Waals surface area contributed by atoms with Gasteiger partial charge in [-0.2, -0.15) is 5.10 Å². The number of sulfonamides is 1. The molecule has 2 aromatic rings. The molecule has 1 aromatic carbocycles. The number of halogens is 2. The van der Waals surface area contributed by atoms with Crippen molar-refractivity contribution in [2.75, 3.05) is 0 Å². The predicted octanol–water partition coefficient (Wildman–Crippen LogP) is 1.35. The molecule has 0 unspecified atom stereocenters. The lowest BCUT2D eigenvalue weighted by Gasteiger charge is -2.10. The van der Waals surface area contributed by atoms with Crippen LogP contribution in [0.25, 0.3) is 0 Å². The van der Waals surface area contributed by atoms with Crippen LogP contribution in [0.5, 0.6) is 5.75 Å². The number of benzene rings is 1. The molecule has 0 saturated heterocycles. The van der Waals surface area contributed by atoms with Crippen molar-refractivity contribution in [2.45, 2.75) is 11.5 Å². The van der Waals surface area contributed by atoms with Crippen molar-refractivity contribution >= 4 is 33.2 Å². The lowest BCUT2D eigenvalue weighted by Crippen LogP contribution is -2.13. The predicted molar refractivity (Wildman–Crippen MR) is 73.2 cm³/mol. The van der Waals surface area contributed by atoms with Crippen LogP contribution >= 0.6 is 23.2 Å². The number of hydrogen-bond donors (Lipinski definition) is 1. The lowest BCUT2D eigenvalue weighted by molar-refractivity contribution is 0.290. The van der Waals surface area contributed by atoms with Crippen LogP contribution in [-0.4, -0.2) is 23.2 Å². The molecule has 0 saturated carbocycles. The Morgan fingerprint density at radius 1 is 1.35 bits per heavy atom. The fraction of sp³-hybridized carbons (Fsp3) is 0.200. The Morgan fingerprint density at radius 3 is 2.60 bits per heavy atom. The van der Waals surface area contributed by atoms with Gasteiger partial charge in [-0.05, 0) is 6.07 Å². The summed E-state index contributed by atoms with van der Waals surface area (Å²) in [5.41, 5.74) is 0. The second-order valence-electron chi connectivity index (χ2n) is 3.85. The maximum Gasteiger partial charge on any atom is 0.239 e. The van der Waals surface area contributed by atoms with Crippen LogP contribution in [0.4, 0.5) is 0 Å². The summed E-state index contributed by atoms with van der Waals surface area (Å²) in [6, 6.07) is 2.44. The Kier molecular flexibility index (Phi) is 4.19. The molecule has 7 nitrogen and oxygen atoms in total. The summed E-state index contributed by atoms with van der Waals surface area (Å²) in [5.74, 6) is 0.805. The van der Waals surface area contributed by atoms with Crippen LogP contribution in [0.3, 0.4) is 0 Å². The summed E-state index contributed by atoms with van der Waals surface area (Å²) < 4.78 is 29.5. The first-order chi connectivity index (χ1) is 9.29. The highest BCUT2D eigenvalue weighted by atomic mass is 35.5.